The smallest absolute Gasteiger partial charge is 0.236 e. The Morgan fingerprint density at radius 2 is 1.93 bits per heavy atom. The van der Waals surface area contributed by atoms with E-state index in [2.05, 4.69) is 25.1 Å². The van der Waals surface area contributed by atoms with Crippen LogP contribution in [0.4, 0.5) is 10.2 Å². The average molecular weight is 588 g/mol. The molecule has 0 aliphatic carbocycles. The highest BCUT2D eigenvalue weighted by molar-refractivity contribution is 5.76. The highest BCUT2D eigenvalue weighted by Crippen LogP contribution is 2.31. The Morgan fingerprint density at radius 1 is 1.07 bits per heavy atom. The average Bonchev–Trinajstić information content (AvgIpc) is 3.57. The highest BCUT2D eigenvalue weighted by atomic mass is 19.1. The van der Waals surface area contributed by atoms with Gasteiger partial charge in [0.2, 0.25) is 11.9 Å². The second kappa shape index (κ2) is 13.1. The third-order valence-electron chi connectivity index (χ3n) is 7.66. The molecule has 2 aliphatic heterocycles. The summed E-state index contributed by atoms with van der Waals surface area (Å²) in [4.78, 5) is 30.8. The number of methoxy groups -OCH3 is 1. The van der Waals surface area contributed by atoms with E-state index in [9.17, 15) is 9.18 Å². The van der Waals surface area contributed by atoms with E-state index in [0.29, 0.717) is 58.3 Å². The maximum atomic E-state index is 14.5. The zero-order valence-electron chi connectivity index (χ0n) is 24.0. The number of fused-ring (bicyclic) bond motifs is 1. The number of hydrogen-bond donors (Lipinski definition) is 1. The summed E-state index contributed by atoms with van der Waals surface area (Å²) in [5.41, 5.74) is 1.88. The largest absolute Gasteiger partial charge is 0.494 e. The van der Waals surface area contributed by atoms with E-state index in [4.69, 9.17) is 19.2 Å². The number of carbonyl (C=O) groups is 1. The predicted octanol–water partition coefficient (Wildman–Crippen LogP) is 3.02. The number of ether oxygens (including phenoxy) is 3. The van der Waals surface area contributed by atoms with Crippen LogP contribution in [0, 0.1) is 5.82 Å². The number of carbonyl (C=O) groups excluding carboxylic acids is 1. The molecular formula is C31H34FN7O4. The maximum Gasteiger partial charge on any atom is 0.236 e. The quantitative estimate of drug-likeness (QED) is 0.300. The van der Waals surface area contributed by atoms with Gasteiger partial charge >= 0.3 is 0 Å². The van der Waals surface area contributed by atoms with Gasteiger partial charge in [-0.1, -0.05) is 12.1 Å². The summed E-state index contributed by atoms with van der Waals surface area (Å²) in [6, 6.07) is 12.6. The first-order valence-corrected chi connectivity index (χ1v) is 14.3. The number of amides is 1. The van der Waals surface area contributed by atoms with Crippen molar-refractivity contribution < 1.29 is 23.4 Å². The lowest BCUT2D eigenvalue weighted by molar-refractivity contribution is -0.122. The summed E-state index contributed by atoms with van der Waals surface area (Å²) in [6.07, 6.45) is 7.82. The lowest BCUT2D eigenvalue weighted by atomic mass is 10.1. The van der Waals surface area contributed by atoms with Crippen molar-refractivity contribution in [3.63, 3.8) is 0 Å². The number of nitrogens with one attached hydrogen (secondary N) is 1. The molecule has 1 N–H and O–H groups in total. The van der Waals surface area contributed by atoms with Crippen LogP contribution in [0.1, 0.15) is 17.5 Å². The zero-order chi connectivity index (χ0) is 29.6. The number of imidazole rings is 1. The van der Waals surface area contributed by atoms with Crippen LogP contribution in [0.15, 0.2) is 67.4 Å². The Kier molecular flexibility index (Phi) is 8.64. The molecule has 4 aromatic rings. The van der Waals surface area contributed by atoms with Gasteiger partial charge in [0.1, 0.15) is 25.4 Å². The molecule has 2 aromatic heterocycles. The van der Waals surface area contributed by atoms with Crippen molar-refractivity contribution in [2.75, 3.05) is 51.4 Å². The molecule has 224 valence electrons. The van der Waals surface area contributed by atoms with Gasteiger partial charge in [-0.25, -0.2) is 14.4 Å². The van der Waals surface area contributed by atoms with Gasteiger partial charge in [0.05, 0.1) is 7.11 Å². The molecule has 1 unspecified atom stereocenters. The van der Waals surface area contributed by atoms with E-state index in [1.807, 2.05) is 30.3 Å². The van der Waals surface area contributed by atoms with E-state index in [-0.39, 0.29) is 24.1 Å². The van der Waals surface area contributed by atoms with E-state index in [0.717, 1.165) is 28.4 Å². The minimum absolute atomic E-state index is 0.0444. The maximum absolute atomic E-state index is 14.5. The number of halogens is 1. The second-order valence-corrected chi connectivity index (χ2v) is 10.5. The van der Waals surface area contributed by atoms with Crippen LogP contribution in [0.3, 0.4) is 0 Å². The molecule has 11 nitrogen and oxygen atoms in total. The van der Waals surface area contributed by atoms with Gasteiger partial charge in [0.25, 0.3) is 0 Å². The van der Waals surface area contributed by atoms with Gasteiger partial charge in [-0.15, -0.1) is 0 Å². The monoisotopic (exact) mass is 587 g/mol. The number of aromatic nitrogens is 4. The van der Waals surface area contributed by atoms with Crippen LogP contribution in [-0.2, 0) is 17.8 Å². The fourth-order valence-electron chi connectivity index (χ4n) is 5.44. The van der Waals surface area contributed by atoms with Crippen LogP contribution in [0.2, 0.25) is 0 Å². The molecule has 1 saturated heterocycles. The van der Waals surface area contributed by atoms with Crippen molar-refractivity contribution in [2.24, 2.45) is 0 Å². The summed E-state index contributed by atoms with van der Waals surface area (Å²) in [5.74, 6) is 2.55. The number of nitrogens with zero attached hydrogens (tertiary/aromatic N) is 6. The number of hydrogen-bond acceptors (Lipinski definition) is 9. The minimum Gasteiger partial charge on any atom is -0.494 e. The van der Waals surface area contributed by atoms with Gasteiger partial charge in [-0.05, 0) is 47.9 Å². The molecule has 6 rings (SSSR count). The number of anilines is 1. The summed E-state index contributed by atoms with van der Waals surface area (Å²) in [5, 5.41) is 3.08. The first kappa shape index (κ1) is 28.4. The van der Waals surface area contributed by atoms with Crippen molar-refractivity contribution >= 4 is 11.7 Å². The summed E-state index contributed by atoms with van der Waals surface area (Å²) in [6.45, 7) is 4.04. The molecule has 4 heterocycles. The van der Waals surface area contributed by atoms with Gasteiger partial charge < -0.3 is 24.4 Å². The van der Waals surface area contributed by atoms with Gasteiger partial charge in [-0.2, -0.15) is 4.98 Å². The van der Waals surface area contributed by atoms with Crippen LogP contribution in [0.5, 0.6) is 17.2 Å². The molecule has 0 spiro atoms. The van der Waals surface area contributed by atoms with Crippen molar-refractivity contribution in [1.29, 1.82) is 0 Å². The van der Waals surface area contributed by atoms with Crippen molar-refractivity contribution in [2.45, 2.75) is 25.4 Å². The number of rotatable bonds is 10. The zero-order valence-corrected chi connectivity index (χ0v) is 24.0. The second-order valence-electron chi connectivity index (χ2n) is 10.5. The first-order valence-electron chi connectivity index (χ1n) is 14.3. The molecule has 0 bridgehead atoms. The normalized spacial score (nSPS) is 16.6. The third kappa shape index (κ3) is 6.86. The van der Waals surface area contributed by atoms with E-state index >= 15 is 0 Å². The molecule has 1 amide bonds. The summed E-state index contributed by atoms with van der Waals surface area (Å²) >= 11 is 0. The Morgan fingerprint density at radius 3 is 2.74 bits per heavy atom. The fourth-order valence-corrected chi connectivity index (χ4v) is 5.44. The van der Waals surface area contributed by atoms with Crippen molar-refractivity contribution in [3.05, 3.63) is 84.3 Å². The van der Waals surface area contributed by atoms with Crippen LogP contribution in [0.25, 0.3) is 5.95 Å². The number of benzene rings is 2. The molecule has 0 saturated carbocycles. The fraction of sp³-hybridized carbons (Fsp3) is 0.355. The highest BCUT2D eigenvalue weighted by Gasteiger charge is 2.30. The van der Waals surface area contributed by atoms with Crippen LogP contribution in [-0.4, -0.2) is 82.9 Å². The van der Waals surface area contributed by atoms with Gasteiger partial charge in [0, 0.05) is 63.8 Å². The lowest BCUT2D eigenvalue weighted by Crippen LogP contribution is -2.54. The Hall–Kier alpha value is -4.71. The molecule has 0 radical (unpaired) electrons. The summed E-state index contributed by atoms with van der Waals surface area (Å²) < 4.78 is 32.6. The predicted molar refractivity (Wildman–Crippen MR) is 157 cm³/mol. The van der Waals surface area contributed by atoms with Crippen molar-refractivity contribution in [1.82, 2.24) is 29.7 Å². The molecular weight excluding hydrogens is 553 g/mol. The number of piperazine rings is 1. The van der Waals surface area contributed by atoms with E-state index in [1.54, 1.807) is 35.6 Å². The molecule has 2 aromatic carbocycles. The first-order chi connectivity index (χ1) is 21.1. The third-order valence-corrected chi connectivity index (χ3v) is 7.66. The van der Waals surface area contributed by atoms with Gasteiger partial charge in [0.15, 0.2) is 23.1 Å². The topological polar surface area (TPSA) is 107 Å². The standard InChI is InChI=1S/C31H34FN7O4/c1-41-26-4-3-23(16-25(26)32)19-37-12-13-38(29-7-9-35-31(36-29)39-11-10-33-21-39)20-24(37)18-30(40)34-8-6-22-2-5-27-28(17-22)43-15-14-42-27/h2-5,7,9-11,16-17,21,24H,6,8,12-15,18-20H2,1H3,(H,34,40). The Balaban J connectivity index is 1.13. The lowest BCUT2D eigenvalue weighted by Gasteiger charge is -2.42. The summed E-state index contributed by atoms with van der Waals surface area (Å²) in [7, 11) is 1.45. The molecule has 43 heavy (non-hydrogen) atoms. The Bertz CT molecular complexity index is 1550. The molecule has 12 heteroatoms. The van der Waals surface area contributed by atoms with E-state index < -0.39 is 5.82 Å². The molecule has 1 atom stereocenters. The minimum atomic E-state index is -0.403. The van der Waals surface area contributed by atoms with Gasteiger partial charge in [-0.3, -0.25) is 14.3 Å². The van der Waals surface area contributed by atoms with Crippen molar-refractivity contribution in [3.8, 4) is 23.2 Å². The SMILES string of the molecule is COc1ccc(CN2CCN(c3ccnc(-n4ccnc4)n3)CC2CC(=O)NCCc2ccc3c(c2)OCCO3)cc1F. The van der Waals surface area contributed by atoms with E-state index in [1.165, 1.54) is 13.2 Å². The molecule has 2 aliphatic rings. The Labute approximate surface area is 249 Å². The van der Waals surface area contributed by atoms with Crippen LogP contribution < -0.4 is 24.4 Å². The van der Waals surface area contributed by atoms with Crippen LogP contribution >= 0.6 is 0 Å². The molecule has 1 fully saturated rings.